The number of benzene rings is 2. The second-order valence-electron chi connectivity index (χ2n) is 9.54. The molecule has 8 nitrogen and oxygen atoms in total. The number of hydroxylamine groups is 2. The number of ether oxygens (including phenoxy) is 1. The maximum Gasteiger partial charge on any atom is 0.441 e. The minimum atomic E-state index is -1.33. The number of pyridine rings is 2. The van der Waals surface area contributed by atoms with Gasteiger partial charge in [0.25, 0.3) is 5.56 Å². The quantitative estimate of drug-likeness (QED) is 0.241. The van der Waals surface area contributed by atoms with E-state index in [1.165, 1.54) is 16.7 Å². The average Bonchev–Trinajstić information content (AvgIpc) is 2.85. The highest BCUT2D eigenvalue weighted by atomic mass is 19.1. The predicted molar refractivity (Wildman–Crippen MR) is 140 cm³/mol. The van der Waals surface area contributed by atoms with E-state index in [2.05, 4.69) is 4.98 Å². The molecule has 4 aromatic rings. The molecule has 2 heterocycles. The smallest absolute Gasteiger partial charge is 0.441 e. The SMILES string of the molecule is COc1ccc(Cn2c(=O)c3c(C)nccc3c3cc(F)c(ON(C(=O)O)C(C)CC(C)C)cc32)cc1. The van der Waals surface area contributed by atoms with Crippen LogP contribution in [0.25, 0.3) is 21.7 Å². The molecule has 2 aromatic heterocycles. The number of hydrogen-bond acceptors (Lipinski definition) is 5. The number of amides is 1. The highest BCUT2D eigenvalue weighted by Crippen LogP contribution is 2.31. The molecule has 1 unspecified atom stereocenters. The van der Waals surface area contributed by atoms with Crippen LogP contribution >= 0.6 is 0 Å². The number of rotatable bonds is 8. The van der Waals surface area contributed by atoms with E-state index >= 15 is 4.39 Å². The second-order valence-corrected chi connectivity index (χ2v) is 9.54. The molecule has 4 rings (SSSR count). The highest BCUT2D eigenvalue weighted by molar-refractivity contribution is 6.06. The molecule has 0 aliphatic carbocycles. The van der Waals surface area contributed by atoms with Crippen molar-refractivity contribution in [1.82, 2.24) is 14.6 Å². The molecule has 0 aliphatic heterocycles. The number of fused-ring (bicyclic) bond motifs is 3. The number of nitrogens with zero attached hydrogens (tertiary/aromatic N) is 3. The van der Waals surface area contributed by atoms with Gasteiger partial charge in [-0.3, -0.25) is 9.78 Å². The van der Waals surface area contributed by atoms with E-state index < -0.39 is 18.0 Å². The molecule has 1 amide bonds. The molecular weight excluding hydrogens is 477 g/mol. The number of aromatic nitrogens is 2. The molecule has 0 saturated heterocycles. The summed E-state index contributed by atoms with van der Waals surface area (Å²) in [7, 11) is 1.57. The molecule has 37 heavy (non-hydrogen) atoms. The molecule has 0 aliphatic rings. The van der Waals surface area contributed by atoms with E-state index in [1.54, 1.807) is 45.4 Å². The minimum Gasteiger partial charge on any atom is -0.497 e. The van der Waals surface area contributed by atoms with E-state index in [4.69, 9.17) is 9.57 Å². The molecule has 1 N–H and O–H groups in total. The van der Waals surface area contributed by atoms with Crippen LogP contribution in [0.15, 0.2) is 53.5 Å². The van der Waals surface area contributed by atoms with Crippen molar-refractivity contribution in [3.05, 3.63) is 76.1 Å². The molecule has 0 spiro atoms. The van der Waals surface area contributed by atoms with Gasteiger partial charge in [-0.2, -0.15) is 0 Å². The number of hydrogen-bond donors (Lipinski definition) is 1. The van der Waals surface area contributed by atoms with Crippen molar-refractivity contribution >= 4 is 27.8 Å². The number of methoxy groups -OCH3 is 1. The van der Waals surface area contributed by atoms with E-state index in [9.17, 15) is 14.7 Å². The Morgan fingerprint density at radius 2 is 1.84 bits per heavy atom. The lowest BCUT2D eigenvalue weighted by Gasteiger charge is -2.27. The van der Waals surface area contributed by atoms with Gasteiger partial charge in [0.05, 0.1) is 36.3 Å². The van der Waals surface area contributed by atoms with Gasteiger partial charge in [0.1, 0.15) is 5.75 Å². The molecule has 2 aromatic carbocycles. The topological polar surface area (TPSA) is 93.9 Å². The first-order chi connectivity index (χ1) is 17.6. The predicted octanol–water partition coefficient (Wildman–Crippen LogP) is 5.76. The summed E-state index contributed by atoms with van der Waals surface area (Å²) in [5.74, 6) is -0.124. The van der Waals surface area contributed by atoms with Gasteiger partial charge in [0.15, 0.2) is 11.6 Å². The Bertz CT molecular complexity index is 1520. The molecule has 0 saturated carbocycles. The Kier molecular flexibility index (Phi) is 7.33. The maximum absolute atomic E-state index is 15.4. The average molecular weight is 508 g/mol. The van der Waals surface area contributed by atoms with Gasteiger partial charge < -0.3 is 19.2 Å². The van der Waals surface area contributed by atoms with Crippen LogP contribution in [-0.2, 0) is 6.54 Å². The van der Waals surface area contributed by atoms with Crippen molar-refractivity contribution in [2.75, 3.05) is 7.11 Å². The van der Waals surface area contributed by atoms with Crippen molar-refractivity contribution in [2.24, 2.45) is 5.92 Å². The van der Waals surface area contributed by atoms with Gasteiger partial charge in [-0.15, -0.1) is 5.06 Å². The summed E-state index contributed by atoms with van der Waals surface area (Å²) in [6.07, 6.45) is 0.774. The lowest BCUT2D eigenvalue weighted by molar-refractivity contribution is -0.0705. The van der Waals surface area contributed by atoms with E-state index in [-0.39, 0.29) is 23.8 Å². The largest absolute Gasteiger partial charge is 0.497 e. The third-order valence-corrected chi connectivity index (χ3v) is 6.33. The van der Waals surface area contributed by atoms with Crippen LogP contribution in [0.5, 0.6) is 11.5 Å². The lowest BCUT2D eigenvalue weighted by Crippen LogP contribution is -2.41. The summed E-state index contributed by atoms with van der Waals surface area (Å²) >= 11 is 0. The summed E-state index contributed by atoms with van der Waals surface area (Å²) < 4.78 is 22.1. The first-order valence-electron chi connectivity index (χ1n) is 12.0. The lowest BCUT2D eigenvalue weighted by atomic mass is 10.0. The zero-order valence-electron chi connectivity index (χ0n) is 21.5. The summed E-state index contributed by atoms with van der Waals surface area (Å²) in [6.45, 7) is 7.57. The summed E-state index contributed by atoms with van der Waals surface area (Å²) in [5, 5.41) is 11.9. The molecule has 0 fully saturated rings. The van der Waals surface area contributed by atoms with Gasteiger partial charge in [-0.1, -0.05) is 26.0 Å². The Labute approximate surface area is 213 Å². The van der Waals surface area contributed by atoms with Crippen molar-refractivity contribution < 1.29 is 23.9 Å². The van der Waals surface area contributed by atoms with Crippen LogP contribution in [0, 0.1) is 18.7 Å². The van der Waals surface area contributed by atoms with Crippen LogP contribution in [-0.4, -0.2) is 39.0 Å². The summed E-state index contributed by atoms with van der Waals surface area (Å²) in [4.78, 5) is 35.5. The molecular formula is C28H30FN3O5. The van der Waals surface area contributed by atoms with E-state index in [1.807, 2.05) is 26.0 Å². The molecule has 0 radical (unpaired) electrons. The van der Waals surface area contributed by atoms with E-state index in [0.717, 1.165) is 10.6 Å². The van der Waals surface area contributed by atoms with Crippen molar-refractivity contribution in [2.45, 2.75) is 46.7 Å². The van der Waals surface area contributed by atoms with E-state index in [0.29, 0.717) is 39.5 Å². The van der Waals surface area contributed by atoms with Gasteiger partial charge in [0.2, 0.25) is 0 Å². The van der Waals surface area contributed by atoms with Gasteiger partial charge in [-0.25, -0.2) is 9.18 Å². The monoisotopic (exact) mass is 507 g/mol. The normalized spacial score (nSPS) is 12.2. The Balaban J connectivity index is 1.91. The van der Waals surface area contributed by atoms with Gasteiger partial charge in [0, 0.05) is 17.6 Å². The zero-order valence-corrected chi connectivity index (χ0v) is 21.5. The first kappa shape index (κ1) is 25.9. The zero-order chi connectivity index (χ0) is 26.9. The fourth-order valence-corrected chi connectivity index (χ4v) is 4.63. The van der Waals surface area contributed by atoms with Crippen LogP contribution in [0.4, 0.5) is 9.18 Å². The first-order valence-corrected chi connectivity index (χ1v) is 12.0. The van der Waals surface area contributed by atoms with Crippen molar-refractivity contribution in [3.63, 3.8) is 0 Å². The fraction of sp³-hybridized carbons (Fsp3) is 0.321. The van der Waals surface area contributed by atoms with Crippen LogP contribution < -0.4 is 15.1 Å². The van der Waals surface area contributed by atoms with Crippen LogP contribution in [0.3, 0.4) is 0 Å². The van der Waals surface area contributed by atoms with Crippen molar-refractivity contribution in [3.8, 4) is 11.5 Å². The number of carbonyl (C=O) groups is 1. The van der Waals surface area contributed by atoms with Crippen molar-refractivity contribution in [1.29, 1.82) is 0 Å². The fourth-order valence-electron chi connectivity index (χ4n) is 4.63. The second kappa shape index (κ2) is 10.5. The molecule has 0 bridgehead atoms. The third kappa shape index (κ3) is 5.21. The Morgan fingerprint density at radius 1 is 1.14 bits per heavy atom. The number of halogens is 1. The minimum absolute atomic E-state index is 0.196. The Morgan fingerprint density at radius 3 is 2.46 bits per heavy atom. The molecule has 9 heteroatoms. The van der Waals surface area contributed by atoms with Crippen LogP contribution in [0.2, 0.25) is 0 Å². The third-order valence-electron chi connectivity index (χ3n) is 6.33. The standard InChI is InChI=1S/C28H30FN3O5/c1-16(2)12-17(3)32(28(34)35)37-25-14-24-22(13-23(25)29)21-10-11-30-18(4)26(21)27(33)31(24)15-19-6-8-20(36-5)9-7-19/h6-11,13-14,16-17H,12,15H2,1-5H3,(H,34,35). The highest BCUT2D eigenvalue weighted by Gasteiger charge is 2.25. The van der Waals surface area contributed by atoms with Gasteiger partial charge in [-0.05, 0) is 61.4 Å². The maximum atomic E-state index is 15.4. The summed E-state index contributed by atoms with van der Waals surface area (Å²) in [5.41, 5.74) is 1.49. The number of aryl methyl sites for hydroxylation is 1. The number of carboxylic acid groups (broad SMARTS) is 1. The molecule has 1 atom stereocenters. The Hall–Kier alpha value is -4.14. The van der Waals surface area contributed by atoms with Crippen LogP contribution in [0.1, 0.15) is 38.4 Å². The molecule has 194 valence electrons. The van der Waals surface area contributed by atoms with Gasteiger partial charge >= 0.3 is 6.09 Å². The summed E-state index contributed by atoms with van der Waals surface area (Å²) in [6, 6.07) is 11.1.